The molecule has 1 aliphatic rings. The Bertz CT molecular complexity index is 274. The van der Waals surface area contributed by atoms with E-state index in [1.54, 1.807) is 14.0 Å². The molecule has 0 spiro atoms. The van der Waals surface area contributed by atoms with Crippen LogP contribution in [0, 0.1) is 0 Å². The third-order valence-corrected chi connectivity index (χ3v) is 4.08. The van der Waals surface area contributed by atoms with Crippen molar-refractivity contribution in [2.45, 2.75) is 70.6 Å². The topological polar surface area (TPSA) is 49.8 Å². The summed E-state index contributed by atoms with van der Waals surface area (Å²) in [6, 6.07) is 0.160. The Labute approximate surface area is 110 Å². The summed E-state index contributed by atoms with van der Waals surface area (Å²) in [4.78, 5) is 14.5. The van der Waals surface area contributed by atoms with E-state index in [1.165, 1.54) is 0 Å². The van der Waals surface area contributed by atoms with Crippen molar-refractivity contribution in [1.29, 1.82) is 0 Å². The lowest BCUT2D eigenvalue weighted by atomic mass is 9.93. The Balaban J connectivity index is 2.79. The fourth-order valence-electron chi connectivity index (χ4n) is 2.59. The number of carbonyl (C=O) groups excluding carboxylic acids is 1. The van der Waals surface area contributed by atoms with Crippen LogP contribution < -0.4 is 0 Å². The van der Waals surface area contributed by atoms with E-state index < -0.39 is 5.60 Å². The van der Waals surface area contributed by atoms with E-state index in [4.69, 9.17) is 4.74 Å². The van der Waals surface area contributed by atoms with Crippen LogP contribution in [0.5, 0.6) is 0 Å². The van der Waals surface area contributed by atoms with Crippen LogP contribution in [0.3, 0.4) is 0 Å². The van der Waals surface area contributed by atoms with Crippen molar-refractivity contribution in [2.75, 3.05) is 13.7 Å². The van der Waals surface area contributed by atoms with E-state index in [1.807, 2.05) is 18.7 Å². The molecule has 0 aliphatic carbocycles. The summed E-state index contributed by atoms with van der Waals surface area (Å²) in [5.74, 6) is 0.0675. The molecule has 18 heavy (non-hydrogen) atoms. The highest BCUT2D eigenvalue weighted by Crippen LogP contribution is 2.26. The van der Waals surface area contributed by atoms with Gasteiger partial charge >= 0.3 is 0 Å². The first-order valence-electron chi connectivity index (χ1n) is 6.99. The Morgan fingerprint density at radius 3 is 2.72 bits per heavy atom. The lowest BCUT2D eigenvalue weighted by Gasteiger charge is -2.41. The second-order valence-corrected chi connectivity index (χ2v) is 5.52. The number of amides is 1. The van der Waals surface area contributed by atoms with Crippen LogP contribution in [-0.2, 0) is 9.53 Å². The number of rotatable bonds is 5. The highest BCUT2D eigenvalue weighted by molar-refractivity contribution is 5.85. The number of piperidine rings is 1. The number of hydrogen-bond acceptors (Lipinski definition) is 3. The second-order valence-electron chi connectivity index (χ2n) is 5.52. The van der Waals surface area contributed by atoms with E-state index in [0.29, 0.717) is 12.8 Å². The predicted molar refractivity (Wildman–Crippen MR) is 71.4 cm³/mol. The maximum atomic E-state index is 12.6. The molecule has 0 aromatic rings. The van der Waals surface area contributed by atoms with Crippen LogP contribution in [0.1, 0.15) is 52.9 Å². The van der Waals surface area contributed by atoms with Crippen molar-refractivity contribution in [3.63, 3.8) is 0 Å². The quantitative estimate of drug-likeness (QED) is 0.819. The number of likely N-dealkylation sites (tertiary alicyclic amines) is 1. The predicted octanol–water partition coefficient (Wildman–Crippen LogP) is 1.95. The zero-order valence-corrected chi connectivity index (χ0v) is 12.1. The summed E-state index contributed by atoms with van der Waals surface area (Å²) in [5.41, 5.74) is -0.728. The molecule has 0 aromatic heterocycles. The Hall–Kier alpha value is -0.610. The van der Waals surface area contributed by atoms with E-state index in [-0.39, 0.29) is 18.1 Å². The van der Waals surface area contributed by atoms with Gasteiger partial charge in [-0.15, -0.1) is 0 Å². The van der Waals surface area contributed by atoms with Gasteiger partial charge < -0.3 is 14.7 Å². The van der Waals surface area contributed by atoms with Gasteiger partial charge in [0.2, 0.25) is 0 Å². The standard InChI is InChI=1S/C14H27NO3/c1-5-14(3,18-4)13(17)15-9-7-6-8-12(15)10-11(2)16/h11-12,16H,5-10H2,1-4H3. The van der Waals surface area contributed by atoms with Crippen molar-refractivity contribution in [2.24, 2.45) is 0 Å². The molecule has 1 N–H and O–H groups in total. The molecular weight excluding hydrogens is 230 g/mol. The average Bonchev–Trinajstić information content (AvgIpc) is 2.37. The number of ether oxygens (including phenoxy) is 1. The lowest BCUT2D eigenvalue weighted by molar-refractivity contribution is -0.157. The zero-order valence-electron chi connectivity index (χ0n) is 12.1. The van der Waals surface area contributed by atoms with Crippen molar-refractivity contribution in [1.82, 2.24) is 4.90 Å². The van der Waals surface area contributed by atoms with Gasteiger partial charge in [0.15, 0.2) is 0 Å². The molecule has 3 unspecified atom stereocenters. The Kier molecular flexibility index (Phi) is 5.60. The summed E-state index contributed by atoms with van der Waals surface area (Å²) in [6.07, 6.45) is 4.14. The van der Waals surface area contributed by atoms with Gasteiger partial charge in [-0.05, 0) is 46.0 Å². The SMILES string of the molecule is CCC(C)(OC)C(=O)N1CCCCC1CC(C)O. The number of carbonyl (C=O) groups is 1. The molecule has 1 rings (SSSR count). The number of nitrogens with zero attached hydrogens (tertiary/aromatic N) is 1. The molecule has 1 aliphatic heterocycles. The summed E-state index contributed by atoms with van der Waals surface area (Å²) in [7, 11) is 1.59. The molecule has 1 fully saturated rings. The van der Waals surface area contributed by atoms with Gasteiger partial charge in [0, 0.05) is 19.7 Å². The van der Waals surface area contributed by atoms with Crippen LogP contribution in [0.2, 0.25) is 0 Å². The van der Waals surface area contributed by atoms with E-state index in [2.05, 4.69) is 0 Å². The van der Waals surface area contributed by atoms with E-state index in [0.717, 1.165) is 25.8 Å². The molecule has 4 heteroatoms. The maximum absolute atomic E-state index is 12.6. The smallest absolute Gasteiger partial charge is 0.254 e. The molecule has 4 nitrogen and oxygen atoms in total. The summed E-state index contributed by atoms with van der Waals surface area (Å²) in [6.45, 7) is 6.39. The van der Waals surface area contributed by atoms with Gasteiger partial charge in [0.1, 0.15) is 5.60 Å². The number of aliphatic hydroxyl groups is 1. The first-order chi connectivity index (χ1) is 8.44. The fourth-order valence-corrected chi connectivity index (χ4v) is 2.59. The van der Waals surface area contributed by atoms with Crippen molar-refractivity contribution in [3.8, 4) is 0 Å². The highest BCUT2D eigenvalue weighted by atomic mass is 16.5. The molecule has 0 aromatic carbocycles. The van der Waals surface area contributed by atoms with Crippen LogP contribution in [-0.4, -0.2) is 47.3 Å². The van der Waals surface area contributed by atoms with Crippen molar-refractivity contribution in [3.05, 3.63) is 0 Å². The van der Waals surface area contributed by atoms with Gasteiger partial charge in [0.25, 0.3) is 5.91 Å². The summed E-state index contributed by atoms with van der Waals surface area (Å²) in [5, 5.41) is 9.55. The third kappa shape index (κ3) is 3.45. The molecule has 1 amide bonds. The number of aliphatic hydroxyl groups excluding tert-OH is 1. The minimum absolute atomic E-state index is 0.0675. The Morgan fingerprint density at radius 1 is 1.56 bits per heavy atom. The maximum Gasteiger partial charge on any atom is 0.254 e. The van der Waals surface area contributed by atoms with E-state index >= 15 is 0 Å². The fraction of sp³-hybridized carbons (Fsp3) is 0.929. The highest BCUT2D eigenvalue weighted by Gasteiger charge is 2.38. The third-order valence-electron chi connectivity index (χ3n) is 4.08. The molecule has 1 heterocycles. The average molecular weight is 257 g/mol. The lowest BCUT2D eigenvalue weighted by Crippen LogP contribution is -2.54. The van der Waals surface area contributed by atoms with Crippen LogP contribution >= 0.6 is 0 Å². The molecule has 3 atom stereocenters. The summed E-state index contributed by atoms with van der Waals surface area (Å²) >= 11 is 0. The molecule has 106 valence electrons. The monoisotopic (exact) mass is 257 g/mol. The van der Waals surface area contributed by atoms with Crippen molar-refractivity contribution >= 4 is 5.91 Å². The zero-order chi connectivity index (χ0) is 13.8. The molecular formula is C14H27NO3. The first kappa shape index (κ1) is 15.4. The second kappa shape index (κ2) is 6.53. The first-order valence-corrected chi connectivity index (χ1v) is 6.99. The molecule has 0 radical (unpaired) electrons. The van der Waals surface area contributed by atoms with Gasteiger partial charge in [-0.3, -0.25) is 4.79 Å². The van der Waals surface area contributed by atoms with Gasteiger partial charge in [0.05, 0.1) is 6.10 Å². The number of methoxy groups -OCH3 is 1. The minimum Gasteiger partial charge on any atom is -0.393 e. The molecule has 1 saturated heterocycles. The molecule has 0 bridgehead atoms. The van der Waals surface area contributed by atoms with Gasteiger partial charge in [-0.25, -0.2) is 0 Å². The van der Waals surface area contributed by atoms with Gasteiger partial charge in [-0.1, -0.05) is 6.92 Å². The van der Waals surface area contributed by atoms with E-state index in [9.17, 15) is 9.90 Å². The van der Waals surface area contributed by atoms with Crippen LogP contribution in [0.4, 0.5) is 0 Å². The van der Waals surface area contributed by atoms with Crippen LogP contribution in [0.25, 0.3) is 0 Å². The summed E-state index contributed by atoms with van der Waals surface area (Å²) < 4.78 is 5.40. The Morgan fingerprint density at radius 2 is 2.22 bits per heavy atom. The van der Waals surface area contributed by atoms with Crippen LogP contribution in [0.15, 0.2) is 0 Å². The van der Waals surface area contributed by atoms with Crippen molar-refractivity contribution < 1.29 is 14.6 Å². The minimum atomic E-state index is -0.728. The normalized spacial score (nSPS) is 25.6. The molecule has 0 saturated carbocycles. The van der Waals surface area contributed by atoms with Gasteiger partial charge in [-0.2, -0.15) is 0 Å². The largest absolute Gasteiger partial charge is 0.393 e. The number of hydrogen-bond donors (Lipinski definition) is 1.